The molecular weight excluding hydrogens is 239 g/mol. The molecule has 1 nitrogen and oxygen atoms in total. The molecule has 10 heavy (non-hydrogen) atoms. The SMILES string of the molecule is CCO[I]c1ccccc1. The summed E-state index contributed by atoms with van der Waals surface area (Å²) in [7, 11) is 0. The molecule has 0 spiro atoms. The van der Waals surface area contributed by atoms with Crippen LogP contribution in [0.5, 0.6) is 0 Å². The maximum Gasteiger partial charge on any atom is 0.0558 e. The van der Waals surface area contributed by atoms with E-state index in [-0.39, 0.29) is 21.6 Å². The lowest BCUT2D eigenvalue weighted by Crippen LogP contribution is -1.76. The van der Waals surface area contributed by atoms with Gasteiger partial charge in [-0.25, -0.2) is 0 Å². The minimum absolute atomic E-state index is 0.173. The summed E-state index contributed by atoms with van der Waals surface area (Å²) < 4.78 is 6.68. The molecule has 55 valence electrons. The van der Waals surface area contributed by atoms with E-state index in [1.807, 2.05) is 25.1 Å². The zero-order chi connectivity index (χ0) is 7.23. The molecule has 0 bridgehead atoms. The maximum absolute atomic E-state index is 5.33. The first kappa shape index (κ1) is 8.01. The van der Waals surface area contributed by atoms with Gasteiger partial charge in [0.1, 0.15) is 0 Å². The van der Waals surface area contributed by atoms with Crippen LogP contribution >= 0.6 is 21.6 Å². The van der Waals surface area contributed by atoms with Crippen LogP contribution in [0.25, 0.3) is 0 Å². The maximum atomic E-state index is 5.33. The molecule has 1 radical (unpaired) electrons. The zero-order valence-electron chi connectivity index (χ0n) is 5.88. The van der Waals surface area contributed by atoms with Crippen molar-refractivity contribution in [2.75, 3.05) is 6.61 Å². The molecule has 1 aromatic carbocycles. The van der Waals surface area contributed by atoms with Crippen LogP contribution in [0, 0.1) is 3.57 Å². The van der Waals surface area contributed by atoms with E-state index < -0.39 is 0 Å². The van der Waals surface area contributed by atoms with E-state index in [0.717, 1.165) is 6.61 Å². The minimum atomic E-state index is -0.173. The highest BCUT2D eigenvalue weighted by molar-refractivity contribution is 14.2. The van der Waals surface area contributed by atoms with Gasteiger partial charge in [-0.05, 0) is 19.1 Å². The quantitative estimate of drug-likeness (QED) is 0.748. The summed E-state index contributed by atoms with van der Waals surface area (Å²) in [5, 5.41) is 0. The van der Waals surface area contributed by atoms with Crippen molar-refractivity contribution in [3.63, 3.8) is 0 Å². The molecular formula is C8H10IO. The van der Waals surface area contributed by atoms with E-state index in [0.29, 0.717) is 0 Å². The first-order chi connectivity index (χ1) is 4.93. The number of hydrogen-bond acceptors (Lipinski definition) is 1. The summed E-state index contributed by atoms with van der Waals surface area (Å²) in [5.74, 6) is 0. The van der Waals surface area contributed by atoms with Gasteiger partial charge in [0.25, 0.3) is 0 Å². The van der Waals surface area contributed by atoms with E-state index in [4.69, 9.17) is 3.07 Å². The molecule has 1 aromatic rings. The number of rotatable bonds is 3. The van der Waals surface area contributed by atoms with Gasteiger partial charge in [0.05, 0.1) is 28.2 Å². The fourth-order valence-corrected chi connectivity index (χ4v) is 1.96. The molecule has 0 unspecified atom stereocenters. The standard InChI is InChI=1S/C8H10IO/c1-2-10-9-8-6-4-3-5-7-8/h3-7H,2H2,1H3. The van der Waals surface area contributed by atoms with Crippen molar-refractivity contribution in [1.82, 2.24) is 0 Å². The second-order valence-corrected chi connectivity index (χ2v) is 4.08. The fourth-order valence-electron chi connectivity index (χ4n) is 0.584. The van der Waals surface area contributed by atoms with Gasteiger partial charge >= 0.3 is 0 Å². The second-order valence-electron chi connectivity index (χ2n) is 1.77. The van der Waals surface area contributed by atoms with Gasteiger partial charge in [0.2, 0.25) is 0 Å². The van der Waals surface area contributed by atoms with E-state index in [1.165, 1.54) is 3.57 Å². The minimum Gasteiger partial charge on any atom is -0.321 e. The average Bonchev–Trinajstić information content (AvgIpc) is 2.03. The van der Waals surface area contributed by atoms with Gasteiger partial charge in [0.15, 0.2) is 0 Å². The van der Waals surface area contributed by atoms with Crippen molar-refractivity contribution < 1.29 is 3.07 Å². The molecule has 0 saturated carbocycles. The zero-order valence-corrected chi connectivity index (χ0v) is 8.04. The van der Waals surface area contributed by atoms with Gasteiger partial charge in [-0.3, -0.25) is 0 Å². The Hall–Kier alpha value is -0.0900. The van der Waals surface area contributed by atoms with E-state index >= 15 is 0 Å². The Morgan fingerprint density at radius 2 is 2.00 bits per heavy atom. The molecule has 2 heteroatoms. The van der Waals surface area contributed by atoms with Crippen molar-refractivity contribution in [3.05, 3.63) is 33.9 Å². The summed E-state index contributed by atoms with van der Waals surface area (Å²) in [5.41, 5.74) is 0. The molecule has 0 amide bonds. The van der Waals surface area contributed by atoms with Gasteiger partial charge in [0, 0.05) is 3.57 Å². The molecule has 0 saturated heterocycles. The lowest BCUT2D eigenvalue weighted by molar-refractivity contribution is 0.456. The largest absolute Gasteiger partial charge is 0.321 e. The van der Waals surface area contributed by atoms with Crippen molar-refractivity contribution in [1.29, 1.82) is 0 Å². The van der Waals surface area contributed by atoms with Crippen molar-refractivity contribution in [3.8, 4) is 0 Å². The van der Waals surface area contributed by atoms with Crippen LogP contribution in [0.2, 0.25) is 0 Å². The van der Waals surface area contributed by atoms with Crippen molar-refractivity contribution in [2.24, 2.45) is 0 Å². The summed E-state index contributed by atoms with van der Waals surface area (Å²) in [4.78, 5) is 0. The molecule has 1 rings (SSSR count). The molecule has 0 N–H and O–H groups in total. The first-order valence-electron chi connectivity index (χ1n) is 3.25. The number of hydrogen-bond donors (Lipinski definition) is 0. The van der Waals surface area contributed by atoms with Crippen LogP contribution in [0.3, 0.4) is 0 Å². The van der Waals surface area contributed by atoms with Crippen LogP contribution < -0.4 is 0 Å². The van der Waals surface area contributed by atoms with Crippen LogP contribution in [0.1, 0.15) is 6.92 Å². The average molecular weight is 249 g/mol. The predicted molar refractivity (Wildman–Crippen MR) is 50.8 cm³/mol. The Labute approximate surface area is 72.2 Å². The molecule has 0 aliphatic rings. The third kappa shape index (κ3) is 2.66. The molecule has 0 atom stereocenters. The summed E-state index contributed by atoms with van der Waals surface area (Å²) in [6.45, 7) is 2.87. The number of benzene rings is 1. The second kappa shape index (κ2) is 4.68. The first-order valence-corrected chi connectivity index (χ1v) is 5.21. The predicted octanol–water partition coefficient (Wildman–Crippen LogP) is 2.78. The highest BCUT2D eigenvalue weighted by Gasteiger charge is 1.88. The van der Waals surface area contributed by atoms with Gasteiger partial charge in [-0.1, -0.05) is 18.2 Å². The summed E-state index contributed by atoms with van der Waals surface area (Å²) >= 11 is -0.173. The van der Waals surface area contributed by atoms with Crippen LogP contribution in [-0.2, 0) is 3.07 Å². The molecule has 0 aliphatic carbocycles. The van der Waals surface area contributed by atoms with E-state index in [9.17, 15) is 0 Å². The Kier molecular flexibility index (Phi) is 3.75. The van der Waals surface area contributed by atoms with Gasteiger partial charge < -0.3 is 3.07 Å². The van der Waals surface area contributed by atoms with Crippen molar-refractivity contribution in [2.45, 2.75) is 6.92 Å². The highest BCUT2D eigenvalue weighted by atomic mass is 127. The molecule has 0 aromatic heterocycles. The molecule has 0 fully saturated rings. The highest BCUT2D eigenvalue weighted by Crippen LogP contribution is 2.20. The van der Waals surface area contributed by atoms with E-state index in [1.54, 1.807) is 0 Å². The Balaban J connectivity index is 2.43. The van der Waals surface area contributed by atoms with Crippen LogP contribution in [0.15, 0.2) is 30.3 Å². The van der Waals surface area contributed by atoms with Gasteiger partial charge in [-0.2, -0.15) is 0 Å². The topological polar surface area (TPSA) is 9.23 Å². The fraction of sp³-hybridized carbons (Fsp3) is 0.250. The normalized spacial score (nSPS) is 9.70. The summed E-state index contributed by atoms with van der Waals surface area (Å²) in [6, 6.07) is 10.4. The third-order valence-electron chi connectivity index (χ3n) is 0.986. The Bertz CT molecular complexity index is 174. The third-order valence-corrected chi connectivity index (χ3v) is 3.15. The Morgan fingerprint density at radius 3 is 2.60 bits per heavy atom. The van der Waals surface area contributed by atoms with E-state index in [2.05, 4.69) is 12.1 Å². The van der Waals surface area contributed by atoms with Crippen molar-refractivity contribution >= 4 is 21.6 Å². The van der Waals surface area contributed by atoms with Gasteiger partial charge in [-0.15, -0.1) is 0 Å². The number of halogens is 1. The molecule has 0 aliphatic heterocycles. The smallest absolute Gasteiger partial charge is 0.0558 e. The Morgan fingerprint density at radius 1 is 1.30 bits per heavy atom. The lowest BCUT2D eigenvalue weighted by atomic mass is 10.4. The summed E-state index contributed by atoms with van der Waals surface area (Å²) in [6.07, 6.45) is 0. The monoisotopic (exact) mass is 249 g/mol. The molecule has 0 heterocycles. The van der Waals surface area contributed by atoms with Crippen LogP contribution in [0.4, 0.5) is 0 Å². The lowest BCUT2D eigenvalue weighted by Gasteiger charge is -1.96. The van der Waals surface area contributed by atoms with Crippen LogP contribution in [-0.4, -0.2) is 6.61 Å².